The molecule has 116 valence electrons. The molecule has 0 heterocycles. The van der Waals surface area contributed by atoms with Crippen LogP contribution in [0.15, 0.2) is 36.4 Å². The number of amides is 1. The third-order valence-corrected chi connectivity index (χ3v) is 3.64. The summed E-state index contributed by atoms with van der Waals surface area (Å²) in [6.07, 6.45) is -0.689. The molecule has 0 aliphatic heterocycles. The van der Waals surface area contributed by atoms with Crippen molar-refractivity contribution < 1.29 is 13.9 Å². The average Bonchev–Trinajstić information content (AvgIpc) is 2.46. The Morgan fingerprint density at radius 1 is 1.18 bits per heavy atom. The SMILES string of the molecule is Cc1ccc(O[C@@H](C)C(=O)Nc2ccc(F)c(Cl)c2)cc1C. The van der Waals surface area contributed by atoms with Gasteiger partial charge in [0.1, 0.15) is 11.6 Å². The van der Waals surface area contributed by atoms with E-state index < -0.39 is 11.9 Å². The fourth-order valence-electron chi connectivity index (χ4n) is 1.86. The van der Waals surface area contributed by atoms with Gasteiger partial charge < -0.3 is 10.1 Å². The summed E-state index contributed by atoms with van der Waals surface area (Å²) in [7, 11) is 0. The molecule has 1 atom stereocenters. The lowest BCUT2D eigenvalue weighted by molar-refractivity contribution is -0.122. The third-order valence-electron chi connectivity index (χ3n) is 3.35. The highest BCUT2D eigenvalue weighted by Gasteiger charge is 2.15. The highest BCUT2D eigenvalue weighted by Crippen LogP contribution is 2.21. The molecule has 22 heavy (non-hydrogen) atoms. The standard InChI is InChI=1S/C17H17ClFNO2/c1-10-4-6-14(8-11(10)2)22-12(3)17(21)20-13-5-7-16(19)15(18)9-13/h4-9,12H,1-3H3,(H,20,21)/t12-/m0/s1. The van der Waals surface area contributed by atoms with E-state index in [1.807, 2.05) is 32.0 Å². The first-order chi connectivity index (χ1) is 10.4. The quantitative estimate of drug-likeness (QED) is 0.900. The van der Waals surface area contributed by atoms with Crippen LogP contribution in [0.3, 0.4) is 0 Å². The molecule has 0 fully saturated rings. The van der Waals surface area contributed by atoms with E-state index in [2.05, 4.69) is 5.32 Å². The molecule has 3 nitrogen and oxygen atoms in total. The minimum Gasteiger partial charge on any atom is -0.481 e. The van der Waals surface area contributed by atoms with E-state index in [9.17, 15) is 9.18 Å². The topological polar surface area (TPSA) is 38.3 Å². The summed E-state index contributed by atoms with van der Waals surface area (Å²) in [6.45, 7) is 5.64. The molecule has 0 spiro atoms. The van der Waals surface area contributed by atoms with Gasteiger partial charge in [0.05, 0.1) is 5.02 Å². The van der Waals surface area contributed by atoms with Gasteiger partial charge in [-0.15, -0.1) is 0 Å². The average molecular weight is 322 g/mol. The Kier molecular flexibility index (Phi) is 5.03. The van der Waals surface area contributed by atoms with Crippen molar-refractivity contribution in [2.24, 2.45) is 0 Å². The fourth-order valence-corrected chi connectivity index (χ4v) is 2.04. The van der Waals surface area contributed by atoms with Crippen LogP contribution in [0.5, 0.6) is 5.75 Å². The van der Waals surface area contributed by atoms with Gasteiger partial charge in [-0.2, -0.15) is 0 Å². The molecule has 0 unspecified atom stereocenters. The summed E-state index contributed by atoms with van der Waals surface area (Å²) in [5.74, 6) is -0.233. The van der Waals surface area contributed by atoms with E-state index >= 15 is 0 Å². The zero-order valence-corrected chi connectivity index (χ0v) is 13.4. The van der Waals surface area contributed by atoms with Crippen LogP contribution in [0, 0.1) is 19.7 Å². The van der Waals surface area contributed by atoms with Gasteiger partial charge in [0.25, 0.3) is 5.91 Å². The van der Waals surface area contributed by atoms with Gasteiger partial charge in [-0.3, -0.25) is 4.79 Å². The van der Waals surface area contributed by atoms with Crippen molar-refractivity contribution in [1.82, 2.24) is 0 Å². The predicted octanol–water partition coefficient (Wildman–Crippen LogP) is 4.50. The van der Waals surface area contributed by atoms with Crippen molar-refractivity contribution in [3.05, 3.63) is 58.4 Å². The largest absolute Gasteiger partial charge is 0.481 e. The van der Waals surface area contributed by atoms with Crippen LogP contribution < -0.4 is 10.1 Å². The zero-order valence-electron chi connectivity index (χ0n) is 12.6. The molecule has 1 amide bonds. The lowest BCUT2D eigenvalue weighted by atomic mass is 10.1. The number of benzene rings is 2. The Morgan fingerprint density at radius 2 is 1.91 bits per heavy atom. The molecule has 1 N–H and O–H groups in total. The number of carbonyl (C=O) groups excluding carboxylic acids is 1. The number of nitrogens with one attached hydrogen (secondary N) is 1. The van der Waals surface area contributed by atoms with E-state index in [0.717, 1.165) is 11.1 Å². The van der Waals surface area contributed by atoms with E-state index in [4.69, 9.17) is 16.3 Å². The first-order valence-electron chi connectivity index (χ1n) is 6.86. The molecule has 0 bridgehead atoms. The summed E-state index contributed by atoms with van der Waals surface area (Å²) < 4.78 is 18.7. The number of hydrogen-bond donors (Lipinski definition) is 1. The molecule has 2 aromatic carbocycles. The molecule has 2 rings (SSSR count). The van der Waals surface area contributed by atoms with Crippen molar-refractivity contribution >= 4 is 23.2 Å². The van der Waals surface area contributed by atoms with Gasteiger partial charge in [0.2, 0.25) is 0 Å². The maximum Gasteiger partial charge on any atom is 0.265 e. The maximum atomic E-state index is 13.1. The van der Waals surface area contributed by atoms with Gasteiger partial charge in [-0.05, 0) is 62.2 Å². The minimum absolute atomic E-state index is 0.0412. The number of carbonyl (C=O) groups is 1. The molecule has 0 saturated carbocycles. The van der Waals surface area contributed by atoms with Gasteiger partial charge in [-0.1, -0.05) is 17.7 Å². The summed E-state index contributed by atoms with van der Waals surface area (Å²) in [4.78, 5) is 12.1. The molecule has 2 aromatic rings. The molecule has 0 radical (unpaired) electrons. The van der Waals surface area contributed by atoms with Crippen LogP contribution >= 0.6 is 11.6 Å². The Balaban J connectivity index is 2.02. The van der Waals surface area contributed by atoms with Crippen LogP contribution in [0.1, 0.15) is 18.1 Å². The van der Waals surface area contributed by atoms with Crippen LogP contribution in [0.4, 0.5) is 10.1 Å². The number of hydrogen-bond acceptors (Lipinski definition) is 2. The second-order valence-electron chi connectivity index (χ2n) is 5.12. The van der Waals surface area contributed by atoms with E-state index in [1.54, 1.807) is 6.92 Å². The third kappa shape index (κ3) is 3.98. The number of aryl methyl sites for hydroxylation is 2. The van der Waals surface area contributed by atoms with Crippen molar-refractivity contribution in [3.8, 4) is 5.75 Å². The molecular formula is C17H17ClFNO2. The highest BCUT2D eigenvalue weighted by atomic mass is 35.5. The molecule has 0 aliphatic carbocycles. The van der Waals surface area contributed by atoms with Gasteiger partial charge >= 0.3 is 0 Å². The fraction of sp³-hybridized carbons (Fsp3) is 0.235. The smallest absolute Gasteiger partial charge is 0.265 e. The summed E-state index contributed by atoms with van der Waals surface area (Å²) in [5.41, 5.74) is 2.67. The lowest BCUT2D eigenvalue weighted by Crippen LogP contribution is -2.30. The van der Waals surface area contributed by atoms with Crippen LogP contribution in [-0.2, 0) is 4.79 Å². The van der Waals surface area contributed by atoms with Crippen LogP contribution in [0.2, 0.25) is 5.02 Å². The second kappa shape index (κ2) is 6.79. The normalized spacial score (nSPS) is 11.9. The highest BCUT2D eigenvalue weighted by molar-refractivity contribution is 6.31. The summed E-state index contributed by atoms with van der Waals surface area (Å²) >= 11 is 5.68. The minimum atomic E-state index is -0.689. The van der Waals surface area contributed by atoms with Gasteiger partial charge in [-0.25, -0.2) is 4.39 Å². The Labute approximate surface area is 134 Å². The van der Waals surface area contributed by atoms with E-state index in [0.29, 0.717) is 11.4 Å². The predicted molar refractivity (Wildman–Crippen MR) is 86.0 cm³/mol. The number of anilines is 1. The Morgan fingerprint density at radius 3 is 2.55 bits per heavy atom. The Hall–Kier alpha value is -2.07. The van der Waals surface area contributed by atoms with Crippen LogP contribution in [0.25, 0.3) is 0 Å². The molecule has 5 heteroatoms. The Bertz CT molecular complexity index is 703. The van der Waals surface area contributed by atoms with Gasteiger partial charge in [0.15, 0.2) is 6.10 Å². The molecular weight excluding hydrogens is 305 g/mol. The second-order valence-corrected chi connectivity index (χ2v) is 5.53. The van der Waals surface area contributed by atoms with Gasteiger partial charge in [0, 0.05) is 5.69 Å². The molecule has 0 saturated heterocycles. The number of rotatable bonds is 4. The number of ether oxygens (including phenoxy) is 1. The van der Waals surface area contributed by atoms with Crippen molar-refractivity contribution in [2.45, 2.75) is 26.9 Å². The van der Waals surface area contributed by atoms with Crippen molar-refractivity contribution in [2.75, 3.05) is 5.32 Å². The zero-order chi connectivity index (χ0) is 16.3. The first kappa shape index (κ1) is 16.3. The summed E-state index contributed by atoms with van der Waals surface area (Å²) in [6, 6.07) is 9.65. The van der Waals surface area contributed by atoms with E-state index in [-0.39, 0.29) is 10.9 Å². The lowest BCUT2D eigenvalue weighted by Gasteiger charge is -2.15. The molecule has 0 aromatic heterocycles. The van der Waals surface area contributed by atoms with Crippen molar-refractivity contribution in [3.63, 3.8) is 0 Å². The first-order valence-corrected chi connectivity index (χ1v) is 7.24. The maximum absolute atomic E-state index is 13.1. The van der Waals surface area contributed by atoms with E-state index in [1.165, 1.54) is 18.2 Å². The molecule has 0 aliphatic rings. The van der Waals surface area contributed by atoms with Crippen molar-refractivity contribution in [1.29, 1.82) is 0 Å². The number of halogens is 2. The van der Waals surface area contributed by atoms with Crippen LogP contribution in [-0.4, -0.2) is 12.0 Å². The monoisotopic (exact) mass is 321 g/mol. The summed E-state index contributed by atoms with van der Waals surface area (Å²) in [5, 5.41) is 2.60.